The van der Waals surface area contributed by atoms with E-state index in [0.717, 1.165) is 18.2 Å². The zero-order chi connectivity index (χ0) is 22.8. The number of nitrogens with one attached hydrogen (secondary N) is 1. The first kappa shape index (κ1) is 23.3. The van der Waals surface area contributed by atoms with Gasteiger partial charge in [0.1, 0.15) is 17.2 Å². The van der Waals surface area contributed by atoms with Gasteiger partial charge in [0.25, 0.3) is 11.8 Å². The van der Waals surface area contributed by atoms with Gasteiger partial charge in [-0.1, -0.05) is 0 Å². The summed E-state index contributed by atoms with van der Waals surface area (Å²) in [4.78, 5) is 35.6. The Labute approximate surface area is 176 Å². The van der Waals surface area contributed by atoms with E-state index in [0.29, 0.717) is 17.1 Å². The molecule has 10 heteroatoms. The van der Waals surface area contributed by atoms with Crippen LogP contribution in [0.1, 0.15) is 15.9 Å². The maximum Gasteiger partial charge on any atom is 0.387 e. The Morgan fingerprint density at radius 2 is 1.68 bits per heavy atom. The Morgan fingerprint density at radius 3 is 2.29 bits per heavy atom. The highest BCUT2D eigenvalue weighted by atomic mass is 19.3. The number of carbonyl (C=O) groups excluding carboxylic acids is 3. The molecule has 164 valence electrons. The van der Waals surface area contributed by atoms with Crippen LogP contribution in [0.15, 0.2) is 48.5 Å². The lowest BCUT2D eigenvalue weighted by atomic mass is 10.1. The van der Waals surface area contributed by atoms with E-state index >= 15 is 0 Å². The Kier molecular flexibility index (Phi) is 8.50. The number of hydrogen-bond acceptors (Lipinski definition) is 7. The monoisotopic (exact) mass is 435 g/mol. The highest BCUT2D eigenvalue weighted by Crippen LogP contribution is 2.25. The lowest BCUT2D eigenvalue weighted by Crippen LogP contribution is -2.34. The lowest BCUT2D eigenvalue weighted by molar-refractivity contribution is -0.143. The summed E-state index contributed by atoms with van der Waals surface area (Å²) in [5.74, 6) is -1.55. The van der Waals surface area contributed by atoms with Crippen LogP contribution < -0.4 is 19.5 Å². The number of hydrogen-bond donors (Lipinski definition) is 1. The SMILES string of the molecule is COc1ccc(OC)c(/C=C/C(=O)OCC(=O)NC(=O)c2ccc(OC(F)F)cc2)c1. The molecule has 0 heterocycles. The van der Waals surface area contributed by atoms with Crippen molar-refractivity contribution in [3.8, 4) is 17.2 Å². The Morgan fingerprint density at radius 1 is 1.00 bits per heavy atom. The van der Waals surface area contributed by atoms with Crippen LogP contribution in [0.25, 0.3) is 6.08 Å². The maximum atomic E-state index is 12.1. The van der Waals surface area contributed by atoms with Crippen molar-refractivity contribution >= 4 is 23.9 Å². The molecular weight excluding hydrogens is 416 g/mol. The number of alkyl halides is 2. The van der Waals surface area contributed by atoms with Crippen LogP contribution in [0.2, 0.25) is 0 Å². The molecule has 0 aliphatic carbocycles. The standard InChI is InChI=1S/C21H19F2NO7/c1-28-16-8-9-17(29-2)14(11-16)5-10-19(26)30-12-18(25)24-20(27)13-3-6-15(7-4-13)31-21(22)23/h3-11,21H,12H2,1-2H3,(H,24,25,27)/b10-5+. The zero-order valence-electron chi connectivity index (χ0n) is 16.6. The van der Waals surface area contributed by atoms with E-state index in [4.69, 9.17) is 14.2 Å². The number of carbonyl (C=O) groups is 3. The van der Waals surface area contributed by atoms with Crippen molar-refractivity contribution in [3.05, 3.63) is 59.7 Å². The molecule has 0 saturated carbocycles. The van der Waals surface area contributed by atoms with Gasteiger partial charge in [0.2, 0.25) is 0 Å². The molecule has 2 aromatic carbocycles. The fourth-order valence-electron chi connectivity index (χ4n) is 2.33. The predicted octanol–water partition coefficient (Wildman–Crippen LogP) is 2.82. The average Bonchev–Trinajstić information content (AvgIpc) is 2.76. The van der Waals surface area contributed by atoms with Gasteiger partial charge < -0.3 is 18.9 Å². The van der Waals surface area contributed by atoms with Crippen molar-refractivity contribution in [2.24, 2.45) is 0 Å². The van der Waals surface area contributed by atoms with Crippen molar-refractivity contribution in [1.82, 2.24) is 5.32 Å². The molecule has 0 radical (unpaired) electrons. The highest BCUT2D eigenvalue weighted by Gasteiger charge is 2.13. The summed E-state index contributed by atoms with van der Waals surface area (Å²) in [7, 11) is 2.97. The van der Waals surface area contributed by atoms with Crippen LogP contribution in [0, 0.1) is 0 Å². The molecule has 31 heavy (non-hydrogen) atoms. The maximum absolute atomic E-state index is 12.1. The third kappa shape index (κ3) is 7.42. The molecular formula is C21H19F2NO7. The second kappa shape index (κ2) is 11.3. The van der Waals surface area contributed by atoms with E-state index in [9.17, 15) is 23.2 Å². The fourth-order valence-corrected chi connectivity index (χ4v) is 2.33. The summed E-state index contributed by atoms with van der Waals surface area (Å²) in [6.07, 6.45) is 2.52. The minimum Gasteiger partial charge on any atom is -0.497 e. The number of amides is 2. The lowest BCUT2D eigenvalue weighted by Gasteiger charge is -2.07. The summed E-state index contributed by atoms with van der Waals surface area (Å²) in [6, 6.07) is 9.72. The molecule has 0 unspecified atom stereocenters. The number of benzene rings is 2. The van der Waals surface area contributed by atoms with Gasteiger partial charge in [0.15, 0.2) is 6.61 Å². The number of halogens is 2. The quantitative estimate of drug-likeness (QED) is 0.478. The van der Waals surface area contributed by atoms with Crippen LogP contribution in [0.4, 0.5) is 8.78 Å². The molecule has 2 amide bonds. The van der Waals surface area contributed by atoms with Crippen LogP contribution in [-0.4, -0.2) is 45.2 Å². The van der Waals surface area contributed by atoms with E-state index in [-0.39, 0.29) is 11.3 Å². The fraction of sp³-hybridized carbons (Fsp3) is 0.190. The minimum absolute atomic E-state index is 0.0336. The molecule has 0 bridgehead atoms. The molecule has 0 spiro atoms. The van der Waals surface area contributed by atoms with Crippen LogP contribution in [0.3, 0.4) is 0 Å². The van der Waals surface area contributed by atoms with Crippen molar-refractivity contribution in [1.29, 1.82) is 0 Å². The van der Waals surface area contributed by atoms with Gasteiger partial charge in [-0.05, 0) is 48.5 Å². The van der Waals surface area contributed by atoms with Gasteiger partial charge in [-0.25, -0.2) is 4.79 Å². The van der Waals surface area contributed by atoms with Gasteiger partial charge in [0, 0.05) is 17.2 Å². The largest absolute Gasteiger partial charge is 0.497 e. The number of ether oxygens (including phenoxy) is 4. The van der Waals surface area contributed by atoms with Crippen molar-refractivity contribution in [3.63, 3.8) is 0 Å². The minimum atomic E-state index is -2.99. The number of rotatable bonds is 9. The number of imide groups is 1. The summed E-state index contributed by atoms with van der Waals surface area (Å²) in [6.45, 7) is -3.69. The summed E-state index contributed by atoms with van der Waals surface area (Å²) < 4.78 is 43.5. The second-order valence-corrected chi connectivity index (χ2v) is 5.83. The number of esters is 1. The first-order chi connectivity index (χ1) is 14.8. The molecule has 0 fully saturated rings. The highest BCUT2D eigenvalue weighted by molar-refractivity contribution is 6.05. The van der Waals surface area contributed by atoms with Gasteiger partial charge in [-0.3, -0.25) is 14.9 Å². The van der Waals surface area contributed by atoms with Gasteiger partial charge >= 0.3 is 12.6 Å². The Balaban J connectivity index is 1.86. The third-order valence-electron chi connectivity index (χ3n) is 3.78. The molecule has 8 nitrogen and oxygen atoms in total. The van der Waals surface area contributed by atoms with Gasteiger partial charge in [-0.15, -0.1) is 0 Å². The number of methoxy groups -OCH3 is 2. The van der Waals surface area contributed by atoms with E-state index in [1.54, 1.807) is 18.2 Å². The molecule has 2 rings (SSSR count). The molecule has 2 aromatic rings. The van der Waals surface area contributed by atoms with Crippen LogP contribution in [0.5, 0.6) is 17.2 Å². The summed E-state index contributed by atoms with van der Waals surface area (Å²) in [5, 5.41) is 2.01. The molecule has 0 aliphatic heterocycles. The molecule has 0 atom stereocenters. The van der Waals surface area contributed by atoms with E-state index in [1.165, 1.54) is 32.4 Å². The van der Waals surface area contributed by atoms with E-state index in [2.05, 4.69) is 4.74 Å². The molecule has 0 saturated heterocycles. The Bertz CT molecular complexity index is 959. The third-order valence-corrected chi connectivity index (χ3v) is 3.78. The van der Waals surface area contributed by atoms with E-state index < -0.39 is 31.0 Å². The van der Waals surface area contributed by atoms with Crippen molar-refractivity contribution in [2.45, 2.75) is 6.61 Å². The smallest absolute Gasteiger partial charge is 0.387 e. The molecule has 0 aromatic heterocycles. The average molecular weight is 435 g/mol. The van der Waals surface area contributed by atoms with Crippen LogP contribution >= 0.6 is 0 Å². The predicted molar refractivity (Wildman–Crippen MR) is 105 cm³/mol. The normalized spacial score (nSPS) is 10.6. The van der Waals surface area contributed by atoms with Gasteiger partial charge in [-0.2, -0.15) is 8.78 Å². The molecule has 1 N–H and O–H groups in total. The summed E-state index contributed by atoms with van der Waals surface area (Å²) in [5.41, 5.74) is 0.587. The van der Waals surface area contributed by atoms with Crippen LogP contribution in [-0.2, 0) is 14.3 Å². The Hall–Kier alpha value is -3.95. The van der Waals surface area contributed by atoms with Crippen molar-refractivity contribution < 1.29 is 42.1 Å². The summed E-state index contributed by atoms with van der Waals surface area (Å²) >= 11 is 0. The topological polar surface area (TPSA) is 100 Å². The molecule has 0 aliphatic rings. The first-order valence-electron chi connectivity index (χ1n) is 8.78. The second-order valence-electron chi connectivity index (χ2n) is 5.83. The van der Waals surface area contributed by atoms with E-state index in [1.807, 2.05) is 5.32 Å². The van der Waals surface area contributed by atoms with Gasteiger partial charge in [0.05, 0.1) is 14.2 Å². The van der Waals surface area contributed by atoms with Crippen molar-refractivity contribution in [2.75, 3.05) is 20.8 Å². The zero-order valence-corrected chi connectivity index (χ0v) is 16.6. The first-order valence-corrected chi connectivity index (χ1v) is 8.78.